The Hall–Kier alpha value is -0.590. The van der Waals surface area contributed by atoms with Crippen molar-refractivity contribution in [3.05, 3.63) is 36.0 Å². The lowest BCUT2D eigenvalue weighted by molar-refractivity contribution is 0.0500. The molecule has 21 heavy (non-hydrogen) atoms. The van der Waals surface area contributed by atoms with Crippen molar-refractivity contribution in [3.63, 3.8) is 0 Å². The van der Waals surface area contributed by atoms with Gasteiger partial charge in [0.2, 0.25) is 0 Å². The van der Waals surface area contributed by atoms with Gasteiger partial charge < -0.3 is 20.1 Å². The predicted octanol–water partition coefficient (Wildman–Crippen LogP) is 1.67. The summed E-state index contributed by atoms with van der Waals surface area (Å²) < 4.78 is 5.50. The maximum atomic E-state index is 9.74. The van der Waals surface area contributed by atoms with Crippen molar-refractivity contribution in [2.45, 2.75) is 31.5 Å². The monoisotopic (exact) mass is 314 g/mol. The summed E-state index contributed by atoms with van der Waals surface area (Å²) in [4.78, 5) is 0. The van der Waals surface area contributed by atoms with Crippen molar-refractivity contribution < 1.29 is 20.1 Å². The molecule has 2 atom stereocenters. The first-order valence-electron chi connectivity index (χ1n) is 7.31. The number of rotatable bonds is 11. The predicted molar refractivity (Wildman–Crippen MR) is 87.5 cm³/mol. The van der Waals surface area contributed by atoms with Crippen LogP contribution in [0.5, 0.6) is 0 Å². The minimum absolute atomic E-state index is 0.242. The second-order valence-corrected chi connectivity index (χ2v) is 6.10. The van der Waals surface area contributed by atoms with Gasteiger partial charge in [0.25, 0.3) is 0 Å². The molecule has 0 aliphatic heterocycles. The molecule has 5 heteroatoms. The fourth-order valence-corrected chi connectivity index (χ4v) is 2.93. The molecule has 120 valence electrons. The summed E-state index contributed by atoms with van der Waals surface area (Å²) >= 11 is 1.41. The molecule has 0 saturated carbocycles. The molecule has 0 saturated heterocycles. The van der Waals surface area contributed by atoms with Gasteiger partial charge in [-0.1, -0.05) is 24.8 Å². The third-order valence-corrected chi connectivity index (χ3v) is 4.41. The van der Waals surface area contributed by atoms with Crippen LogP contribution in [0.2, 0.25) is 0 Å². The molecule has 3 N–H and O–H groups in total. The van der Waals surface area contributed by atoms with Gasteiger partial charge in [0, 0.05) is 11.5 Å². The Balaban J connectivity index is 2.09. The Morgan fingerprint density at radius 3 is 2.67 bits per heavy atom. The Bertz CT molecular complexity index is 365. The summed E-state index contributed by atoms with van der Waals surface area (Å²) in [6.07, 6.45) is 8.01. The number of hydrogen-bond donors (Lipinski definition) is 3. The molecule has 2 unspecified atom stereocenters. The highest BCUT2D eigenvalue weighted by Gasteiger charge is 2.09. The van der Waals surface area contributed by atoms with Gasteiger partial charge in [0.15, 0.2) is 0 Å². The van der Waals surface area contributed by atoms with E-state index < -0.39 is 12.2 Å². The van der Waals surface area contributed by atoms with E-state index in [1.54, 1.807) is 0 Å². The molecule has 1 aliphatic carbocycles. The van der Waals surface area contributed by atoms with Crippen molar-refractivity contribution in [3.8, 4) is 0 Å². The van der Waals surface area contributed by atoms with Crippen LogP contribution in [0.1, 0.15) is 19.3 Å². The maximum Gasteiger partial charge on any atom is 0.0863 e. The largest absolute Gasteiger partial charge is 0.394 e. The van der Waals surface area contributed by atoms with E-state index in [4.69, 9.17) is 9.84 Å². The zero-order chi connectivity index (χ0) is 15.5. The molecule has 4 nitrogen and oxygen atoms in total. The Kier molecular flexibility index (Phi) is 9.70. The molecule has 0 fully saturated rings. The highest BCUT2D eigenvalue weighted by atomic mass is 32.2. The van der Waals surface area contributed by atoms with Crippen molar-refractivity contribution in [1.82, 2.24) is 0 Å². The molecular formula is C16H26O4S. The molecule has 0 heterocycles. The summed E-state index contributed by atoms with van der Waals surface area (Å²) in [5.74, 6) is 0.922. The maximum absolute atomic E-state index is 9.74. The van der Waals surface area contributed by atoms with E-state index in [1.807, 2.05) is 6.08 Å². The van der Waals surface area contributed by atoms with Gasteiger partial charge in [-0.05, 0) is 30.4 Å². The number of thioether (sulfide) groups is 1. The van der Waals surface area contributed by atoms with Crippen LogP contribution in [-0.2, 0) is 4.74 Å². The summed E-state index contributed by atoms with van der Waals surface area (Å²) in [6.45, 7) is 4.45. The topological polar surface area (TPSA) is 69.9 Å². The van der Waals surface area contributed by atoms with E-state index in [0.717, 1.165) is 19.3 Å². The zero-order valence-electron chi connectivity index (χ0n) is 12.4. The number of aliphatic hydroxyl groups excluding tert-OH is 3. The molecule has 0 spiro atoms. The fourth-order valence-electron chi connectivity index (χ4n) is 2.05. The minimum atomic E-state index is -0.717. The van der Waals surface area contributed by atoms with Crippen LogP contribution in [0.3, 0.4) is 0 Å². The first kappa shape index (κ1) is 18.5. The normalized spacial score (nSPS) is 17.9. The summed E-state index contributed by atoms with van der Waals surface area (Å²) in [5.41, 5.74) is 2.46. The van der Waals surface area contributed by atoms with E-state index in [2.05, 4.69) is 18.7 Å². The number of ether oxygens (including phenoxy) is 1. The third kappa shape index (κ3) is 7.83. The molecular weight excluding hydrogens is 288 g/mol. The molecule has 0 aromatic rings. The lowest BCUT2D eigenvalue weighted by Crippen LogP contribution is -2.21. The average Bonchev–Trinajstić information content (AvgIpc) is 2.51. The van der Waals surface area contributed by atoms with Crippen molar-refractivity contribution >= 4 is 11.8 Å². The van der Waals surface area contributed by atoms with Crippen LogP contribution in [-0.4, -0.2) is 58.9 Å². The second kappa shape index (κ2) is 11.0. The molecule has 0 aromatic heterocycles. The van der Waals surface area contributed by atoms with E-state index in [9.17, 15) is 10.2 Å². The summed E-state index contributed by atoms with van der Waals surface area (Å²) in [7, 11) is 0. The smallest absolute Gasteiger partial charge is 0.0863 e. The lowest BCUT2D eigenvalue weighted by Gasteiger charge is -2.15. The first-order valence-corrected chi connectivity index (χ1v) is 8.47. The molecule has 1 rings (SSSR count). The quantitative estimate of drug-likeness (QED) is 0.506. The van der Waals surface area contributed by atoms with Gasteiger partial charge in [0.05, 0.1) is 32.0 Å². The van der Waals surface area contributed by atoms with Crippen LogP contribution in [0.15, 0.2) is 36.0 Å². The fraction of sp³-hybridized carbons (Fsp3) is 0.625. The second-order valence-electron chi connectivity index (χ2n) is 5.02. The Morgan fingerprint density at radius 1 is 1.24 bits per heavy atom. The number of allylic oxidation sites excluding steroid dienone is 4. The van der Waals surface area contributed by atoms with E-state index in [-0.39, 0.29) is 6.61 Å². The first-order chi connectivity index (χ1) is 10.2. The Labute approximate surface area is 131 Å². The van der Waals surface area contributed by atoms with Crippen molar-refractivity contribution in [2.75, 3.05) is 31.3 Å². The van der Waals surface area contributed by atoms with Crippen LogP contribution in [0.4, 0.5) is 0 Å². The minimum Gasteiger partial charge on any atom is -0.394 e. The van der Waals surface area contributed by atoms with Crippen LogP contribution < -0.4 is 0 Å². The van der Waals surface area contributed by atoms with Crippen LogP contribution in [0.25, 0.3) is 0 Å². The SMILES string of the molecule is C=CC1=CCCC=C1CCOCC(O)CSCC(O)CO. The van der Waals surface area contributed by atoms with Gasteiger partial charge >= 0.3 is 0 Å². The molecule has 0 bridgehead atoms. The van der Waals surface area contributed by atoms with Gasteiger partial charge in [-0.3, -0.25) is 0 Å². The van der Waals surface area contributed by atoms with E-state index in [1.165, 1.54) is 22.9 Å². The standard InChI is InChI=1S/C16H26O4S/c1-2-13-5-3-4-6-14(13)7-8-20-10-16(19)12-21-11-15(18)9-17/h2,5-6,15-19H,1,3-4,7-12H2. The van der Waals surface area contributed by atoms with Crippen LogP contribution in [0, 0.1) is 0 Å². The van der Waals surface area contributed by atoms with Gasteiger partial charge in [-0.25, -0.2) is 0 Å². The molecule has 1 aliphatic rings. The summed E-state index contributed by atoms with van der Waals surface area (Å²) in [5, 5.41) is 27.6. The molecule has 0 radical (unpaired) electrons. The van der Waals surface area contributed by atoms with Crippen LogP contribution >= 0.6 is 11.8 Å². The van der Waals surface area contributed by atoms with Gasteiger partial charge in [0.1, 0.15) is 0 Å². The van der Waals surface area contributed by atoms with E-state index >= 15 is 0 Å². The Morgan fingerprint density at radius 2 is 1.95 bits per heavy atom. The highest BCUT2D eigenvalue weighted by Crippen LogP contribution is 2.22. The lowest BCUT2D eigenvalue weighted by atomic mass is 9.96. The zero-order valence-corrected chi connectivity index (χ0v) is 13.2. The summed E-state index contributed by atoms with van der Waals surface area (Å²) in [6, 6.07) is 0. The molecule has 0 amide bonds. The number of aliphatic hydroxyl groups is 3. The number of hydrogen-bond acceptors (Lipinski definition) is 5. The van der Waals surface area contributed by atoms with Gasteiger partial charge in [-0.15, -0.1) is 0 Å². The molecule has 0 aromatic carbocycles. The van der Waals surface area contributed by atoms with Crippen molar-refractivity contribution in [1.29, 1.82) is 0 Å². The van der Waals surface area contributed by atoms with E-state index in [0.29, 0.717) is 24.7 Å². The third-order valence-electron chi connectivity index (χ3n) is 3.17. The van der Waals surface area contributed by atoms with Gasteiger partial charge in [-0.2, -0.15) is 11.8 Å². The van der Waals surface area contributed by atoms with Crippen molar-refractivity contribution in [2.24, 2.45) is 0 Å². The highest BCUT2D eigenvalue weighted by molar-refractivity contribution is 7.99. The average molecular weight is 314 g/mol.